The van der Waals surface area contributed by atoms with Gasteiger partial charge in [-0.3, -0.25) is 9.67 Å². The average Bonchev–Trinajstić information content (AvgIpc) is 3.46. The minimum absolute atomic E-state index is 0.0280. The Labute approximate surface area is 273 Å². The predicted octanol–water partition coefficient (Wildman–Crippen LogP) is 6.82. The molecule has 3 heterocycles. The maximum atomic E-state index is 14.5. The Morgan fingerprint density at radius 3 is 2.40 bits per heavy atom. The highest BCUT2D eigenvalue weighted by molar-refractivity contribution is 5.78. The van der Waals surface area contributed by atoms with E-state index in [0.717, 1.165) is 18.7 Å². The molecule has 1 unspecified atom stereocenters. The summed E-state index contributed by atoms with van der Waals surface area (Å²) >= 11 is 0. The third kappa shape index (κ3) is 7.93. The van der Waals surface area contributed by atoms with Crippen molar-refractivity contribution in [2.75, 3.05) is 40.9 Å². The highest BCUT2D eigenvalue weighted by Crippen LogP contribution is 2.39. The number of fused-ring (bicyclic) bond motifs is 1. The number of esters is 1. The Hall–Kier alpha value is -4.98. The SMILES string of the molecule is CCCOc1ccc(-c2ccc(C(C(=O)OCCC[N+](C)(C)C)n3cc4nc(-c5cccc(F)c5F)nc-4cn3)cn2)c(C(F)(F)F)c1. The van der Waals surface area contributed by atoms with E-state index in [9.17, 15) is 26.7 Å². The van der Waals surface area contributed by atoms with Gasteiger partial charge < -0.3 is 14.0 Å². The molecular formula is C34H34F5N6O3+. The Morgan fingerprint density at radius 2 is 1.71 bits per heavy atom. The van der Waals surface area contributed by atoms with Crippen LogP contribution in [0.2, 0.25) is 0 Å². The van der Waals surface area contributed by atoms with Crippen molar-refractivity contribution in [3.8, 4) is 39.8 Å². The normalized spacial score (nSPS) is 12.7. The number of imidazole rings is 1. The highest BCUT2D eigenvalue weighted by atomic mass is 19.4. The van der Waals surface area contributed by atoms with Crippen LogP contribution in [0.5, 0.6) is 5.75 Å². The Bertz CT molecular complexity index is 1850. The van der Waals surface area contributed by atoms with Crippen LogP contribution in [0.3, 0.4) is 0 Å². The number of nitrogens with zero attached hydrogens (tertiary/aromatic N) is 6. The summed E-state index contributed by atoms with van der Waals surface area (Å²) in [7, 11) is 6.02. The van der Waals surface area contributed by atoms with Gasteiger partial charge in [0.2, 0.25) is 0 Å². The molecule has 0 amide bonds. The zero-order chi connectivity index (χ0) is 34.6. The first-order valence-electron chi connectivity index (χ1n) is 15.2. The summed E-state index contributed by atoms with van der Waals surface area (Å²) in [5.41, 5.74) is -0.412. The third-order valence-corrected chi connectivity index (χ3v) is 7.33. The quantitative estimate of drug-likeness (QED) is 0.0623. The number of alkyl halides is 3. The summed E-state index contributed by atoms with van der Waals surface area (Å²) in [6.07, 6.45) is 0.550. The summed E-state index contributed by atoms with van der Waals surface area (Å²) in [6.45, 7) is 2.97. The first-order chi connectivity index (χ1) is 22.7. The molecule has 3 aromatic rings. The maximum absolute atomic E-state index is 14.5. The van der Waals surface area contributed by atoms with Gasteiger partial charge in [0.1, 0.15) is 17.1 Å². The molecule has 2 aliphatic rings. The number of carbonyl (C=O) groups excluding carboxylic acids is 1. The molecule has 0 aliphatic carbocycles. The molecule has 0 saturated carbocycles. The number of rotatable bonds is 12. The molecule has 0 bridgehead atoms. The van der Waals surface area contributed by atoms with Crippen molar-refractivity contribution >= 4 is 5.97 Å². The number of benzene rings is 2. The van der Waals surface area contributed by atoms with Crippen LogP contribution in [0.4, 0.5) is 22.0 Å². The molecule has 252 valence electrons. The van der Waals surface area contributed by atoms with E-state index >= 15 is 0 Å². The molecule has 48 heavy (non-hydrogen) atoms. The van der Waals surface area contributed by atoms with E-state index < -0.39 is 35.4 Å². The van der Waals surface area contributed by atoms with Crippen molar-refractivity contribution in [3.05, 3.63) is 89.9 Å². The number of hydrogen-bond acceptors (Lipinski definition) is 7. The summed E-state index contributed by atoms with van der Waals surface area (Å²) in [5, 5.41) is 4.33. The molecule has 0 spiro atoms. The van der Waals surface area contributed by atoms with Crippen LogP contribution in [-0.4, -0.2) is 76.1 Å². The Kier molecular flexibility index (Phi) is 10.0. The molecule has 14 heteroatoms. The molecule has 0 N–H and O–H groups in total. The van der Waals surface area contributed by atoms with Gasteiger partial charge in [0.05, 0.1) is 70.1 Å². The van der Waals surface area contributed by atoms with Gasteiger partial charge in [-0.25, -0.2) is 23.5 Å². The second-order valence-electron chi connectivity index (χ2n) is 12.1. The minimum atomic E-state index is -4.68. The number of hydrogen-bond donors (Lipinski definition) is 0. The minimum Gasteiger partial charge on any atom is -0.494 e. The Balaban J connectivity index is 1.50. The molecule has 9 nitrogen and oxygen atoms in total. The van der Waals surface area contributed by atoms with Gasteiger partial charge in [-0.2, -0.15) is 18.3 Å². The lowest BCUT2D eigenvalue weighted by atomic mass is 10.0. The van der Waals surface area contributed by atoms with E-state index in [1.54, 1.807) is 0 Å². The van der Waals surface area contributed by atoms with Crippen LogP contribution in [0.1, 0.15) is 36.9 Å². The highest BCUT2D eigenvalue weighted by Gasteiger charge is 2.35. The lowest BCUT2D eigenvalue weighted by Crippen LogP contribution is -2.36. The summed E-state index contributed by atoms with van der Waals surface area (Å²) in [5.74, 6) is -2.83. The second kappa shape index (κ2) is 14.0. The molecule has 2 aliphatic heterocycles. The van der Waals surface area contributed by atoms with Crippen molar-refractivity contribution in [3.63, 3.8) is 0 Å². The van der Waals surface area contributed by atoms with Crippen molar-refractivity contribution in [1.82, 2.24) is 24.7 Å². The summed E-state index contributed by atoms with van der Waals surface area (Å²) in [6, 6.07) is 9.00. The fraction of sp³-hybridized carbons (Fsp3) is 0.324. The lowest BCUT2D eigenvalue weighted by Gasteiger charge is -2.24. The monoisotopic (exact) mass is 669 g/mol. The molecular weight excluding hydrogens is 635 g/mol. The van der Waals surface area contributed by atoms with E-state index in [0.29, 0.717) is 17.3 Å². The number of pyridine rings is 1. The van der Waals surface area contributed by atoms with Crippen molar-refractivity contribution in [1.29, 1.82) is 0 Å². The van der Waals surface area contributed by atoms with Gasteiger partial charge in [-0.15, -0.1) is 0 Å². The van der Waals surface area contributed by atoms with Gasteiger partial charge in [-0.05, 0) is 42.8 Å². The van der Waals surface area contributed by atoms with Gasteiger partial charge in [0, 0.05) is 23.7 Å². The van der Waals surface area contributed by atoms with Crippen LogP contribution >= 0.6 is 0 Å². The van der Waals surface area contributed by atoms with Gasteiger partial charge >= 0.3 is 12.1 Å². The molecule has 1 aromatic heterocycles. The van der Waals surface area contributed by atoms with E-state index in [4.69, 9.17) is 9.47 Å². The molecule has 5 rings (SSSR count). The smallest absolute Gasteiger partial charge is 0.417 e. The van der Waals surface area contributed by atoms with E-state index in [-0.39, 0.29) is 58.6 Å². The molecule has 2 aromatic carbocycles. The number of carbonyl (C=O) groups is 1. The van der Waals surface area contributed by atoms with Crippen LogP contribution < -0.4 is 4.74 Å². The van der Waals surface area contributed by atoms with E-state index in [2.05, 4.69) is 20.1 Å². The molecule has 0 radical (unpaired) electrons. The molecule has 0 saturated heterocycles. The summed E-state index contributed by atoms with van der Waals surface area (Å²) < 4.78 is 83.5. The van der Waals surface area contributed by atoms with Gasteiger partial charge in [0.25, 0.3) is 0 Å². The van der Waals surface area contributed by atoms with E-state index in [1.165, 1.54) is 59.7 Å². The maximum Gasteiger partial charge on any atom is 0.417 e. The van der Waals surface area contributed by atoms with Gasteiger partial charge in [0.15, 0.2) is 23.5 Å². The zero-order valence-corrected chi connectivity index (χ0v) is 26.8. The number of halogens is 5. The van der Waals surface area contributed by atoms with Crippen molar-refractivity contribution in [2.45, 2.75) is 32.0 Å². The number of quaternary nitrogens is 1. The largest absolute Gasteiger partial charge is 0.494 e. The number of ether oxygens (including phenoxy) is 2. The number of aromatic nitrogens is 5. The molecule has 1 atom stereocenters. The third-order valence-electron chi connectivity index (χ3n) is 7.33. The Morgan fingerprint density at radius 1 is 0.938 bits per heavy atom. The first kappa shape index (κ1) is 34.4. The van der Waals surface area contributed by atoms with Crippen LogP contribution in [-0.2, 0) is 15.7 Å². The fourth-order valence-electron chi connectivity index (χ4n) is 4.98. The van der Waals surface area contributed by atoms with E-state index in [1.807, 2.05) is 28.1 Å². The fourth-order valence-corrected chi connectivity index (χ4v) is 4.98. The summed E-state index contributed by atoms with van der Waals surface area (Å²) in [4.78, 5) is 26.5. The van der Waals surface area contributed by atoms with Crippen molar-refractivity contribution < 1.29 is 40.7 Å². The van der Waals surface area contributed by atoms with Crippen LogP contribution in [0.15, 0.2) is 67.1 Å². The molecule has 0 fully saturated rings. The van der Waals surface area contributed by atoms with Crippen LogP contribution in [0, 0.1) is 11.6 Å². The lowest BCUT2D eigenvalue weighted by molar-refractivity contribution is -0.870. The zero-order valence-electron chi connectivity index (χ0n) is 26.8. The standard InChI is InChI=1S/C34H34F5N6O3/c1-5-15-47-22-11-12-23(25(17-22)34(37,38)39)27-13-10-21(18-40-27)31(33(46)48-16-7-14-45(2,3)4)44-20-29-28(19-41-44)42-32(43-29)24-8-6-9-26(35)30(24)36/h6,8-13,17-20,31H,5,7,14-16H2,1-4H3/q+1. The van der Waals surface area contributed by atoms with Crippen LogP contribution in [0.25, 0.3) is 34.0 Å². The first-order valence-corrected chi connectivity index (χ1v) is 15.2. The van der Waals surface area contributed by atoms with Crippen molar-refractivity contribution in [2.24, 2.45) is 0 Å². The average molecular weight is 670 g/mol. The van der Waals surface area contributed by atoms with Gasteiger partial charge in [-0.1, -0.05) is 19.1 Å². The predicted molar refractivity (Wildman–Crippen MR) is 167 cm³/mol. The second-order valence-corrected chi connectivity index (χ2v) is 12.1. The topological polar surface area (TPSA) is 92.0 Å².